The van der Waals surface area contributed by atoms with Crippen LogP contribution in [0.4, 0.5) is 0 Å². The van der Waals surface area contributed by atoms with Crippen LogP contribution in [0.2, 0.25) is 0 Å². The summed E-state index contributed by atoms with van der Waals surface area (Å²) in [5, 5.41) is 8.61. The molecule has 1 aromatic heterocycles. The van der Waals surface area contributed by atoms with Gasteiger partial charge in [-0.3, -0.25) is 4.79 Å². The van der Waals surface area contributed by atoms with Gasteiger partial charge in [-0.1, -0.05) is 26.8 Å². The van der Waals surface area contributed by atoms with Crippen molar-refractivity contribution in [2.24, 2.45) is 11.8 Å². The molecular weight excluding hydrogens is 316 g/mol. The number of thiophene rings is 1. The SMILES string of the molecule is CC(CC(=O)NCC(C)(C)c1cccs1)C1CCNCC1.Cl. The van der Waals surface area contributed by atoms with Crippen LogP contribution in [0.1, 0.15) is 44.9 Å². The van der Waals surface area contributed by atoms with Crippen molar-refractivity contribution in [3.63, 3.8) is 0 Å². The lowest BCUT2D eigenvalue weighted by Gasteiger charge is -2.28. The van der Waals surface area contributed by atoms with E-state index in [1.165, 1.54) is 17.7 Å². The van der Waals surface area contributed by atoms with Crippen molar-refractivity contribution in [3.05, 3.63) is 22.4 Å². The molecule has 1 atom stereocenters. The largest absolute Gasteiger partial charge is 0.355 e. The molecule has 1 aliphatic rings. The summed E-state index contributed by atoms with van der Waals surface area (Å²) in [6, 6.07) is 4.22. The zero-order valence-electron chi connectivity index (χ0n) is 13.9. The fourth-order valence-corrected chi connectivity index (χ4v) is 3.87. The molecule has 1 aromatic rings. The molecular formula is C17H29ClN2OS. The van der Waals surface area contributed by atoms with Crippen LogP contribution in [0.3, 0.4) is 0 Å². The molecule has 1 saturated heterocycles. The molecule has 0 aliphatic carbocycles. The number of amides is 1. The van der Waals surface area contributed by atoms with E-state index in [4.69, 9.17) is 0 Å². The Balaban J connectivity index is 0.00000242. The average molecular weight is 345 g/mol. The Morgan fingerprint density at radius 3 is 2.73 bits per heavy atom. The van der Waals surface area contributed by atoms with Gasteiger partial charge in [-0.05, 0) is 49.2 Å². The van der Waals surface area contributed by atoms with Gasteiger partial charge in [-0.15, -0.1) is 23.7 Å². The number of halogens is 1. The van der Waals surface area contributed by atoms with Crippen molar-refractivity contribution in [3.8, 4) is 0 Å². The fourth-order valence-electron chi connectivity index (χ4n) is 3.01. The Bertz CT molecular complexity index is 442. The highest BCUT2D eigenvalue weighted by atomic mass is 35.5. The maximum absolute atomic E-state index is 12.2. The first-order chi connectivity index (χ1) is 9.99. The number of hydrogen-bond donors (Lipinski definition) is 2. The lowest BCUT2D eigenvalue weighted by molar-refractivity contribution is -0.122. The minimum atomic E-state index is 0. The Hall–Kier alpha value is -0.580. The zero-order chi connectivity index (χ0) is 15.3. The molecule has 0 bridgehead atoms. The van der Waals surface area contributed by atoms with E-state index in [9.17, 15) is 4.79 Å². The first-order valence-electron chi connectivity index (χ1n) is 8.00. The Morgan fingerprint density at radius 1 is 1.45 bits per heavy atom. The molecule has 5 heteroatoms. The second-order valence-corrected chi connectivity index (χ2v) is 7.85. The van der Waals surface area contributed by atoms with Gasteiger partial charge in [0.1, 0.15) is 0 Å². The molecule has 126 valence electrons. The van der Waals surface area contributed by atoms with Gasteiger partial charge >= 0.3 is 0 Å². The summed E-state index contributed by atoms with van der Waals surface area (Å²) < 4.78 is 0. The van der Waals surface area contributed by atoms with E-state index in [2.05, 4.69) is 48.9 Å². The van der Waals surface area contributed by atoms with E-state index in [1.54, 1.807) is 11.3 Å². The fraction of sp³-hybridized carbons (Fsp3) is 0.706. The molecule has 2 rings (SSSR count). The summed E-state index contributed by atoms with van der Waals surface area (Å²) in [5.74, 6) is 1.38. The molecule has 2 N–H and O–H groups in total. The van der Waals surface area contributed by atoms with Crippen LogP contribution in [0.25, 0.3) is 0 Å². The first kappa shape index (κ1) is 19.5. The summed E-state index contributed by atoms with van der Waals surface area (Å²) >= 11 is 1.76. The van der Waals surface area contributed by atoms with Crippen molar-refractivity contribution >= 4 is 29.7 Å². The van der Waals surface area contributed by atoms with Gasteiger partial charge in [0.25, 0.3) is 0 Å². The molecule has 3 nitrogen and oxygen atoms in total. The lowest BCUT2D eigenvalue weighted by atomic mass is 9.84. The van der Waals surface area contributed by atoms with Gasteiger partial charge in [-0.25, -0.2) is 0 Å². The molecule has 0 radical (unpaired) electrons. The molecule has 1 fully saturated rings. The van der Waals surface area contributed by atoms with Gasteiger partial charge in [0.05, 0.1) is 0 Å². The zero-order valence-corrected chi connectivity index (χ0v) is 15.5. The third-order valence-electron chi connectivity index (χ3n) is 4.61. The highest BCUT2D eigenvalue weighted by molar-refractivity contribution is 7.10. The average Bonchev–Trinajstić information content (AvgIpc) is 3.01. The van der Waals surface area contributed by atoms with Gasteiger partial charge in [-0.2, -0.15) is 0 Å². The van der Waals surface area contributed by atoms with Crippen LogP contribution in [-0.2, 0) is 10.2 Å². The quantitative estimate of drug-likeness (QED) is 0.828. The van der Waals surface area contributed by atoms with E-state index in [1.807, 2.05) is 0 Å². The van der Waals surface area contributed by atoms with Crippen LogP contribution in [-0.4, -0.2) is 25.5 Å². The van der Waals surface area contributed by atoms with E-state index in [0.717, 1.165) is 13.1 Å². The topological polar surface area (TPSA) is 41.1 Å². The van der Waals surface area contributed by atoms with Gasteiger partial charge in [0, 0.05) is 23.3 Å². The standard InChI is InChI=1S/C17H28N2OS.ClH/c1-13(14-6-8-18-9-7-14)11-16(20)19-12-17(2,3)15-5-4-10-21-15;/h4-5,10,13-14,18H,6-9,11-12H2,1-3H3,(H,19,20);1H. The van der Waals surface area contributed by atoms with Crippen LogP contribution in [0.15, 0.2) is 17.5 Å². The predicted octanol–water partition coefficient (Wildman–Crippen LogP) is 3.59. The third-order valence-corrected chi connectivity index (χ3v) is 5.85. The number of nitrogens with one attached hydrogen (secondary N) is 2. The monoisotopic (exact) mass is 344 g/mol. The minimum Gasteiger partial charge on any atom is -0.355 e. The second kappa shape index (κ2) is 8.90. The first-order valence-corrected chi connectivity index (χ1v) is 8.88. The number of hydrogen-bond acceptors (Lipinski definition) is 3. The molecule has 1 aliphatic heterocycles. The van der Waals surface area contributed by atoms with Gasteiger partial charge < -0.3 is 10.6 Å². The Morgan fingerprint density at radius 2 is 2.14 bits per heavy atom. The molecule has 1 unspecified atom stereocenters. The molecule has 2 heterocycles. The highest BCUT2D eigenvalue weighted by Gasteiger charge is 2.25. The predicted molar refractivity (Wildman–Crippen MR) is 97.0 cm³/mol. The van der Waals surface area contributed by atoms with E-state index >= 15 is 0 Å². The van der Waals surface area contributed by atoms with Crippen molar-refractivity contribution < 1.29 is 4.79 Å². The van der Waals surface area contributed by atoms with Crippen molar-refractivity contribution in [1.82, 2.24) is 10.6 Å². The number of carbonyl (C=O) groups excluding carboxylic acids is 1. The lowest BCUT2D eigenvalue weighted by Crippen LogP contribution is -2.38. The van der Waals surface area contributed by atoms with Crippen molar-refractivity contribution in [1.29, 1.82) is 0 Å². The van der Waals surface area contributed by atoms with Crippen molar-refractivity contribution in [2.45, 2.75) is 45.4 Å². The molecule has 0 spiro atoms. The second-order valence-electron chi connectivity index (χ2n) is 6.91. The van der Waals surface area contributed by atoms with Crippen LogP contribution in [0.5, 0.6) is 0 Å². The molecule has 0 saturated carbocycles. The summed E-state index contributed by atoms with van der Waals surface area (Å²) in [4.78, 5) is 13.5. The van der Waals surface area contributed by atoms with Crippen LogP contribution in [0, 0.1) is 11.8 Å². The van der Waals surface area contributed by atoms with Crippen molar-refractivity contribution in [2.75, 3.05) is 19.6 Å². The highest BCUT2D eigenvalue weighted by Crippen LogP contribution is 2.27. The van der Waals surface area contributed by atoms with Gasteiger partial charge in [0.15, 0.2) is 0 Å². The minimum absolute atomic E-state index is 0. The normalized spacial score (nSPS) is 17.6. The number of rotatable bonds is 6. The van der Waals surface area contributed by atoms with Crippen LogP contribution >= 0.6 is 23.7 Å². The molecule has 1 amide bonds. The maximum Gasteiger partial charge on any atom is 0.220 e. The summed E-state index contributed by atoms with van der Waals surface area (Å²) in [5.41, 5.74) is 0.0157. The Kier molecular flexibility index (Phi) is 7.87. The number of piperidine rings is 1. The summed E-state index contributed by atoms with van der Waals surface area (Å²) in [6.45, 7) is 9.51. The van der Waals surface area contributed by atoms with Crippen LogP contribution < -0.4 is 10.6 Å². The van der Waals surface area contributed by atoms with E-state index in [-0.39, 0.29) is 23.7 Å². The maximum atomic E-state index is 12.2. The van der Waals surface area contributed by atoms with Gasteiger partial charge in [0.2, 0.25) is 5.91 Å². The summed E-state index contributed by atoms with van der Waals surface area (Å²) in [7, 11) is 0. The van der Waals surface area contributed by atoms with E-state index < -0.39 is 0 Å². The smallest absolute Gasteiger partial charge is 0.220 e. The Labute approximate surface area is 144 Å². The third kappa shape index (κ3) is 5.56. The number of carbonyl (C=O) groups is 1. The van der Waals surface area contributed by atoms with E-state index in [0.29, 0.717) is 24.8 Å². The molecule has 22 heavy (non-hydrogen) atoms. The summed E-state index contributed by atoms with van der Waals surface area (Å²) in [6.07, 6.45) is 3.06. The molecule has 0 aromatic carbocycles.